The lowest BCUT2D eigenvalue weighted by Crippen LogP contribution is -2.55. The van der Waals surface area contributed by atoms with E-state index in [0.717, 1.165) is 55.4 Å². The molecular formula is C41H55N5O5. The number of likely N-dealkylation sites (tertiary alicyclic amines) is 1. The molecule has 3 heterocycles. The molecule has 0 radical (unpaired) electrons. The van der Waals surface area contributed by atoms with Crippen LogP contribution in [0.3, 0.4) is 0 Å². The number of amides is 2. The van der Waals surface area contributed by atoms with Crippen molar-refractivity contribution in [3.63, 3.8) is 0 Å². The minimum absolute atomic E-state index is 0.0580. The number of fused-ring (bicyclic) bond motifs is 3. The first-order valence-corrected chi connectivity index (χ1v) is 19.2. The molecule has 8 rings (SSSR count). The van der Waals surface area contributed by atoms with Crippen molar-refractivity contribution in [2.45, 2.75) is 116 Å². The molecule has 4 aliphatic carbocycles. The number of methoxy groups -OCH3 is 1. The molecule has 0 N–H and O–H groups in total. The van der Waals surface area contributed by atoms with Gasteiger partial charge in [0.05, 0.1) is 32.5 Å². The van der Waals surface area contributed by atoms with E-state index in [9.17, 15) is 9.59 Å². The molecule has 0 atom stereocenters. The van der Waals surface area contributed by atoms with Gasteiger partial charge >= 0.3 is 6.09 Å². The van der Waals surface area contributed by atoms with Crippen molar-refractivity contribution in [2.75, 3.05) is 38.3 Å². The van der Waals surface area contributed by atoms with Crippen molar-refractivity contribution in [1.29, 1.82) is 0 Å². The van der Waals surface area contributed by atoms with Crippen molar-refractivity contribution in [3.05, 3.63) is 60.0 Å². The van der Waals surface area contributed by atoms with Gasteiger partial charge in [0.2, 0.25) is 5.91 Å². The molecule has 274 valence electrons. The number of anilines is 1. The minimum atomic E-state index is -0.265. The highest BCUT2D eigenvalue weighted by Crippen LogP contribution is 2.58. The molecule has 5 fully saturated rings. The van der Waals surface area contributed by atoms with Crippen molar-refractivity contribution >= 4 is 17.8 Å². The zero-order valence-electron chi connectivity index (χ0n) is 31.1. The Labute approximate surface area is 302 Å². The number of hydrogen-bond acceptors (Lipinski definition) is 7. The SMILES string of the molecule is CCOC1CN(C(=O)O[C@H]2CC[C@H](C(=O)N(CC34CCC(c5ccc(OC)c(C)c5)(CC3)CC4)c3cc(-c4cnn(C(C)C)c4)ccn3)CC2)C1. The third-order valence-electron chi connectivity index (χ3n) is 12.5. The lowest BCUT2D eigenvalue weighted by molar-refractivity contribution is -0.124. The average molecular weight is 698 g/mol. The zero-order valence-corrected chi connectivity index (χ0v) is 31.1. The molecule has 0 spiro atoms. The number of aromatic nitrogens is 3. The summed E-state index contributed by atoms with van der Waals surface area (Å²) < 4.78 is 19.0. The summed E-state index contributed by atoms with van der Waals surface area (Å²) >= 11 is 0. The van der Waals surface area contributed by atoms with Crippen LogP contribution in [0.4, 0.5) is 10.6 Å². The van der Waals surface area contributed by atoms with Crippen LogP contribution in [0.1, 0.15) is 102 Å². The van der Waals surface area contributed by atoms with Crippen molar-refractivity contribution in [1.82, 2.24) is 19.7 Å². The van der Waals surface area contributed by atoms with Crippen LogP contribution in [-0.2, 0) is 19.7 Å². The summed E-state index contributed by atoms with van der Waals surface area (Å²) in [6.45, 7) is 10.8. The number of benzene rings is 1. The molecule has 1 aliphatic heterocycles. The number of nitrogens with zero attached hydrogens (tertiary/aromatic N) is 5. The molecule has 5 aliphatic rings. The van der Waals surface area contributed by atoms with E-state index in [2.05, 4.69) is 56.3 Å². The molecule has 1 aromatic carbocycles. The fourth-order valence-corrected chi connectivity index (χ4v) is 9.06. The first-order chi connectivity index (χ1) is 24.6. The van der Waals surface area contributed by atoms with Crippen LogP contribution in [0.5, 0.6) is 5.75 Å². The highest BCUT2D eigenvalue weighted by atomic mass is 16.6. The summed E-state index contributed by atoms with van der Waals surface area (Å²) in [5, 5.41) is 4.57. The standard InChI is InChI=1S/C41H55N5O5/c1-6-50-35-25-44(26-35)39(48)51-34-10-7-30(8-11-34)38(47)45(37-22-31(13-20-42-37)32-23-43-46(24-32)28(2)3)27-40-14-17-41(18-15-40,19-16-40)33-9-12-36(49-5)29(4)21-33/h9,12-13,20-24,28,30,34-35H,6-8,10-11,14-19,25-27H2,1-5H3/t30-,34-,40?,41?. The third kappa shape index (κ3) is 7.26. The van der Waals surface area contributed by atoms with Gasteiger partial charge in [-0.15, -0.1) is 0 Å². The van der Waals surface area contributed by atoms with Crippen LogP contribution < -0.4 is 9.64 Å². The van der Waals surface area contributed by atoms with E-state index >= 15 is 0 Å². The molecule has 10 heteroatoms. The Morgan fingerprint density at radius 3 is 2.31 bits per heavy atom. The molecule has 2 aromatic heterocycles. The molecule has 51 heavy (non-hydrogen) atoms. The lowest BCUT2D eigenvalue weighted by atomic mass is 9.51. The minimum Gasteiger partial charge on any atom is -0.496 e. The normalized spacial score (nSPS) is 26.2. The molecule has 2 amide bonds. The average Bonchev–Trinajstić information content (AvgIpc) is 3.64. The quantitative estimate of drug-likeness (QED) is 0.201. The molecule has 4 saturated carbocycles. The van der Waals surface area contributed by atoms with E-state index in [1.54, 1.807) is 12.0 Å². The summed E-state index contributed by atoms with van der Waals surface area (Å²) in [5.74, 6) is 1.67. The van der Waals surface area contributed by atoms with Gasteiger partial charge < -0.3 is 19.1 Å². The Kier molecular flexibility index (Phi) is 10.2. The summed E-state index contributed by atoms with van der Waals surface area (Å²) in [6.07, 6.45) is 14.9. The van der Waals surface area contributed by atoms with Gasteiger partial charge in [-0.3, -0.25) is 14.4 Å². The van der Waals surface area contributed by atoms with Gasteiger partial charge in [0, 0.05) is 43.1 Å². The van der Waals surface area contributed by atoms with E-state index < -0.39 is 0 Å². The number of carbonyl (C=O) groups excluding carboxylic acids is 2. The molecule has 2 bridgehead atoms. The van der Waals surface area contributed by atoms with E-state index in [1.807, 2.05) is 35.0 Å². The second kappa shape index (κ2) is 14.6. The Morgan fingerprint density at radius 2 is 1.69 bits per heavy atom. The Balaban J connectivity index is 1.07. The summed E-state index contributed by atoms with van der Waals surface area (Å²) in [6, 6.07) is 11.1. The maximum absolute atomic E-state index is 14.7. The topological polar surface area (TPSA) is 99.0 Å². The Morgan fingerprint density at radius 1 is 0.961 bits per heavy atom. The van der Waals surface area contributed by atoms with Crippen LogP contribution in [-0.4, -0.2) is 77.2 Å². The van der Waals surface area contributed by atoms with E-state index in [1.165, 1.54) is 11.1 Å². The summed E-state index contributed by atoms with van der Waals surface area (Å²) in [4.78, 5) is 36.0. The smallest absolute Gasteiger partial charge is 0.410 e. The predicted molar refractivity (Wildman–Crippen MR) is 197 cm³/mol. The first kappa shape index (κ1) is 35.5. The highest BCUT2D eigenvalue weighted by molar-refractivity contribution is 5.95. The highest BCUT2D eigenvalue weighted by Gasteiger charge is 2.51. The van der Waals surface area contributed by atoms with Crippen LogP contribution >= 0.6 is 0 Å². The molecular weight excluding hydrogens is 642 g/mol. The number of ether oxygens (including phenoxy) is 3. The van der Waals surface area contributed by atoms with Crippen molar-refractivity contribution in [2.24, 2.45) is 11.3 Å². The fraction of sp³-hybridized carbons (Fsp3) is 0.610. The van der Waals surface area contributed by atoms with Crippen LogP contribution in [0, 0.1) is 18.3 Å². The molecule has 10 nitrogen and oxygen atoms in total. The largest absolute Gasteiger partial charge is 0.496 e. The number of rotatable bonds is 11. The van der Waals surface area contributed by atoms with Crippen molar-refractivity contribution < 1.29 is 23.8 Å². The molecule has 0 unspecified atom stereocenters. The maximum Gasteiger partial charge on any atom is 0.410 e. The maximum atomic E-state index is 14.7. The van der Waals surface area contributed by atoms with E-state index in [4.69, 9.17) is 19.2 Å². The van der Waals surface area contributed by atoms with Crippen LogP contribution in [0.2, 0.25) is 0 Å². The molecule has 3 aromatic rings. The third-order valence-corrected chi connectivity index (χ3v) is 12.5. The number of carbonyl (C=O) groups is 2. The Hall–Kier alpha value is -3.92. The van der Waals surface area contributed by atoms with Crippen LogP contribution in [0.25, 0.3) is 11.1 Å². The second-order valence-corrected chi connectivity index (χ2v) is 15.9. The first-order valence-electron chi connectivity index (χ1n) is 19.2. The summed E-state index contributed by atoms with van der Waals surface area (Å²) in [7, 11) is 1.74. The van der Waals surface area contributed by atoms with E-state index in [0.29, 0.717) is 57.7 Å². The monoisotopic (exact) mass is 697 g/mol. The van der Waals surface area contributed by atoms with Gasteiger partial charge in [-0.1, -0.05) is 12.1 Å². The van der Waals surface area contributed by atoms with Crippen LogP contribution in [0.15, 0.2) is 48.9 Å². The van der Waals surface area contributed by atoms with Gasteiger partial charge in [-0.05, 0) is 138 Å². The zero-order chi connectivity index (χ0) is 35.8. The summed E-state index contributed by atoms with van der Waals surface area (Å²) in [5.41, 5.74) is 4.90. The number of aryl methyl sites for hydroxylation is 1. The van der Waals surface area contributed by atoms with Gasteiger partial charge in [0.15, 0.2) is 0 Å². The lowest BCUT2D eigenvalue weighted by Gasteiger charge is -2.55. The van der Waals surface area contributed by atoms with E-state index in [-0.39, 0.29) is 47.0 Å². The number of hydrogen-bond donors (Lipinski definition) is 0. The van der Waals surface area contributed by atoms with Gasteiger partial charge in [-0.25, -0.2) is 9.78 Å². The molecule has 1 saturated heterocycles. The number of pyridine rings is 1. The predicted octanol–water partition coefficient (Wildman–Crippen LogP) is 7.88. The van der Waals surface area contributed by atoms with Gasteiger partial charge in [0.25, 0.3) is 0 Å². The second-order valence-electron chi connectivity index (χ2n) is 15.9. The fourth-order valence-electron chi connectivity index (χ4n) is 9.06. The van der Waals surface area contributed by atoms with Gasteiger partial charge in [0.1, 0.15) is 17.7 Å². The van der Waals surface area contributed by atoms with Gasteiger partial charge in [-0.2, -0.15) is 5.10 Å². The Bertz CT molecular complexity index is 1680. The van der Waals surface area contributed by atoms with Crippen molar-refractivity contribution in [3.8, 4) is 16.9 Å².